The number of rotatable bonds is 12. The summed E-state index contributed by atoms with van der Waals surface area (Å²) in [5.41, 5.74) is 1.67. The number of Topliss-reactive ketones (excluding diaryl/α,β-unsaturated/α-hetero) is 1. The number of carboxylic acid groups (broad SMARTS) is 1. The normalized spacial score (nSPS) is 13.5. The van der Waals surface area contributed by atoms with Gasteiger partial charge in [-0.3, -0.25) is 9.48 Å². The Morgan fingerprint density at radius 1 is 0.857 bits per heavy atom. The van der Waals surface area contributed by atoms with E-state index in [2.05, 4.69) is 15.1 Å². The number of alkyl halides is 3. The molecule has 63 heavy (non-hydrogen) atoms. The number of aryl methyl sites for hydroxylation is 2. The number of fused-ring (bicyclic) bond motifs is 1. The van der Waals surface area contributed by atoms with Crippen LogP contribution in [-0.4, -0.2) is 47.5 Å². The van der Waals surface area contributed by atoms with Crippen molar-refractivity contribution < 1.29 is 46.5 Å². The van der Waals surface area contributed by atoms with Crippen molar-refractivity contribution in [2.45, 2.75) is 39.4 Å². The largest absolute Gasteiger partial charge is 0.487 e. The van der Waals surface area contributed by atoms with E-state index in [1.165, 1.54) is 51.7 Å². The van der Waals surface area contributed by atoms with E-state index in [1.54, 1.807) is 38.5 Å². The van der Waals surface area contributed by atoms with Crippen molar-refractivity contribution in [3.8, 4) is 39.8 Å². The third kappa shape index (κ3) is 9.29. The minimum atomic E-state index is -4.85. The molecule has 0 saturated heterocycles. The quantitative estimate of drug-likeness (QED) is 0.0949. The standard InChI is InChI=1S/C47H38F4N6O6/c1-3-57-25-38(43(54-57)47(49,50)51)36-22-32(24-56-19-18-55(2)45(56)53-46(59)60)23-37-41(58)33(28-62-42(36)37)20-31-14-16-39(48)35(21-31)34-15-17-40(61-26-29-10-6-4-7-11-29)52-44(34)63-27-30-12-8-5-9-13-30/h4-23,25H,3,24,26-28H2,1-2H3,(H,59,60)/b33-20+,53-45?. The molecule has 0 atom stereocenters. The zero-order chi connectivity index (χ0) is 44.3. The fraction of sp³-hybridized carbons (Fsp3) is 0.170. The number of halogens is 4. The molecule has 1 aliphatic heterocycles. The van der Waals surface area contributed by atoms with Gasteiger partial charge in [0.2, 0.25) is 17.4 Å². The SMILES string of the molecule is CCn1cc(-c2cc(Cn3ccn(C)c3=NC(=O)O)cc3c2OC/C(=C\c2ccc(F)c(-c4ccc(OCc5ccccc5)nc4OCc4ccccc4)c2)C3=O)c(C(F)(F)F)n1. The van der Waals surface area contributed by atoms with Gasteiger partial charge in [-0.1, -0.05) is 66.7 Å². The second-order valence-electron chi connectivity index (χ2n) is 14.6. The fourth-order valence-corrected chi connectivity index (χ4v) is 7.17. The van der Waals surface area contributed by atoms with Gasteiger partial charge in [0.05, 0.1) is 12.1 Å². The average molecular weight is 859 g/mol. The number of amides is 1. The molecule has 16 heteroatoms. The highest BCUT2D eigenvalue weighted by atomic mass is 19.4. The monoisotopic (exact) mass is 858 g/mol. The van der Waals surface area contributed by atoms with Crippen molar-refractivity contribution in [1.82, 2.24) is 23.9 Å². The van der Waals surface area contributed by atoms with E-state index in [1.807, 2.05) is 60.7 Å². The Morgan fingerprint density at radius 2 is 1.56 bits per heavy atom. The van der Waals surface area contributed by atoms with Gasteiger partial charge in [-0.15, -0.1) is 4.99 Å². The van der Waals surface area contributed by atoms with Gasteiger partial charge in [0, 0.05) is 66.1 Å². The summed E-state index contributed by atoms with van der Waals surface area (Å²) >= 11 is 0. The van der Waals surface area contributed by atoms with Crippen LogP contribution in [0.5, 0.6) is 17.5 Å². The van der Waals surface area contributed by atoms with Crippen molar-refractivity contribution >= 4 is 18.0 Å². The fourth-order valence-electron chi connectivity index (χ4n) is 7.17. The topological polar surface area (TPSA) is 135 Å². The van der Waals surface area contributed by atoms with Gasteiger partial charge in [-0.25, -0.2) is 9.18 Å². The molecule has 0 fully saturated rings. The average Bonchev–Trinajstić information content (AvgIpc) is 3.87. The van der Waals surface area contributed by atoms with Gasteiger partial charge in [0.25, 0.3) is 0 Å². The smallest absolute Gasteiger partial charge is 0.435 e. The van der Waals surface area contributed by atoms with Crippen LogP contribution in [-0.2, 0) is 39.5 Å². The van der Waals surface area contributed by atoms with Crippen LogP contribution in [0, 0.1) is 5.82 Å². The summed E-state index contributed by atoms with van der Waals surface area (Å²) in [7, 11) is 1.59. The molecule has 4 heterocycles. The van der Waals surface area contributed by atoms with E-state index < -0.39 is 29.6 Å². The molecule has 12 nitrogen and oxygen atoms in total. The number of pyridine rings is 1. The van der Waals surface area contributed by atoms with Gasteiger partial charge in [-0.2, -0.15) is 23.3 Å². The summed E-state index contributed by atoms with van der Waals surface area (Å²) in [4.78, 5) is 34.2. The number of aromatic nitrogens is 5. The molecule has 320 valence electrons. The molecule has 7 aromatic rings. The highest BCUT2D eigenvalue weighted by molar-refractivity contribution is 6.15. The van der Waals surface area contributed by atoms with Crippen LogP contribution in [0.15, 0.2) is 132 Å². The van der Waals surface area contributed by atoms with Crippen LogP contribution in [0.2, 0.25) is 0 Å². The zero-order valence-electron chi connectivity index (χ0n) is 33.8. The van der Waals surface area contributed by atoms with Crippen molar-refractivity contribution in [2.24, 2.45) is 12.0 Å². The molecule has 0 saturated carbocycles. The molecular weight excluding hydrogens is 821 g/mol. The molecule has 1 N–H and O–H groups in total. The number of carbonyl (C=O) groups excluding carboxylic acids is 1. The Labute approximate surface area is 357 Å². The number of hydrogen-bond acceptors (Lipinski definition) is 7. The maximum atomic E-state index is 15.8. The summed E-state index contributed by atoms with van der Waals surface area (Å²) in [5.74, 6) is -0.832. The lowest BCUT2D eigenvalue weighted by Crippen LogP contribution is -2.26. The van der Waals surface area contributed by atoms with Crippen molar-refractivity contribution in [2.75, 3.05) is 6.61 Å². The highest BCUT2D eigenvalue weighted by Crippen LogP contribution is 2.44. The van der Waals surface area contributed by atoms with Crippen molar-refractivity contribution in [3.05, 3.63) is 172 Å². The van der Waals surface area contributed by atoms with Gasteiger partial charge in [-0.05, 0) is 65.6 Å². The Hall–Kier alpha value is -7.75. The molecule has 0 bridgehead atoms. The van der Waals surface area contributed by atoms with Crippen LogP contribution < -0.4 is 19.8 Å². The molecule has 8 rings (SSSR count). The molecule has 1 aliphatic rings. The summed E-state index contributed by atoms with van der Waals surface area (Å²) in [5, 5.41) is 13.2. The van der Waals surface area contributed by atoms with E-state index in [0.29, 0.717) is 16.7 Å². The van der Waals surface area contributed by atoms with E-state index in [4.69, 9.17) is 14.2 Å². The first-order valence-electron chi connectivity index (χ1n) is 19.7. The maximum Gasteiger partial charge on any atom is 0.435 e. The molecular formula is C47H38F4N6O6. The molecule has 0 spiro atoms. The molecule has 0 radical (unpaired) electrons. The lowest BCUT2D eigenvalue weighted by atomic mass is 9.91. The van der Waals surface area contributed by atoms with E-state index in [-0.39, 0.29) is 83.9 Å². The predicted molar refractivity (Wildman–Crippen MR) is 223 cm³/mol. The summed E-state index contributed by atoms with van der Waals surface area (Å²) in [6.45, 7) is 1.77. The number of imidazole rings is 1. The summed E-state index contributed by atoms with van der Waals surface area (Å²) < 4.78 is 81.6. The molecule has 3 aromatic heterocycles. The lowest BCUT2D eigenvalue weighted by Gasteiger charge is -2.23. The van der Waals surface area contributed by atoms with Crippen LogP contribution in [0.1, 0.15) is 45.2 Å². The minimum absolute atomic E-state index is 0.0222. The second kappa shape index (κ2) is 17.7. The molecule has 1 amide bonds. The molecule has 0 unspecified atom stereocenters. The summed E-state index contributed by atoms with van der Waals surface area (Å²) in [6.07, 6.45) is -0.382. The number of nitrogens with zero attached hydrogens (tertiary/aromatic N) is 6. The van der Waals surface area contributed by atoms with Crippen molar-refractivity contribution in [3.63, 3.8) is 0 Å². The van der Waals surface area contributed by atoms with Crippen LogP contribution in [0.25, 0.3) is 28.3 Å². The van der Waals surface area contributed by atoms with Crippen molar-refractivity contribution in [1.29, 1.82) is 0 Å². The van der Waals surface area contributed by atoms with Crippen LogP contribution in [0.4, 0.5) is 22.4 Å². The lowest BCUT2D eigenvalue weighted by molar-refractivity contribution is -0.141. The Kier molecular flexibility index (Phi) is 11.8. The van der Waals surface area contributed by atoms with E-state index in [0.717, 1.165) is 15.8 Å². The first-order chi connectivity index (χ1) is 30.3. The van der Waals surface area contributed by atoms with Crippen LogP contribution >= 0.6 is 0 Å². The van der Waals surface area contributed by atoms with Crippen LogP contribution in [0.3, 0.4) is 0 Å². The third-order valence-electron chi connectivity index (χ3n) is 10.2. The highest BCUT2D eigenvalue weighted by Gasteiger charge is 2.39. The number of ketones is 1. The number of hydrogen-bond donors (Lipinski definition) is 1. The van der Waals surface area contributed by atoms with Gasteiger partial charge in [0.1, 0.15) is 31.4 Å². The van der Waals surface area contributed by atoms with Gasteiger partial charge >= 0.3 is 12.3 Å². The predicted octanol–water partition coefficient (Wildman–Crippen LogP) is 9.37. The number of carbonyl (C=O) groups is 2. The van der Waals surface area contributed by atoms with Gasteiger partial charge in [0.15, 0.2) is 11.5 Å². The number of ether oxygens (including phenoxy) is 3. The Balaban J connectivity index is 1.17. The minimum Gasteiger partial charge on any atom is -0.487 e. The van der Waals surface area contributed by atoms with E-state index in [9.17, 15) is 27.9 Å². The van der Waals surface area contributed by atoms with E-state index >= 15 is 4.39 Å². The molecule has 0 aliphatic carbocycles. The Morgan fingerprint density at radius 3 is 2.24 bits per heavy atom. The Bertz CT molecular complexity index is 2940. The second-order valence-corrected chi connectivity index (χ2v) is 14.6. The van der Waals surface area contributed by atoms with Gasteiger partial charge < -0.3 is 28.5 Å². The first-order valence-corrected chi connectivity index (χ1v) is 19.7. The number of benzene rings is 4. The maximum absolute atomic E-state index is 15.8. The summed E-state index contributed by atoms with van der Waals surface area (Å²) in [6, 6.07) is 29.4. The molecule has 4 aromatic carbocycles. The third-order valence-corrected chi connectivity index (χ3v) is 10.2. The zero-order valence-corrected chi connectivity index (χ0v) is 33.8. The first kappa shape index (κ1) is 42.0.